The Labute approximate surface area is 112 Å². The molecule has 9 N–H and O–H groups in total. The largest absolute Gasteiger partial charge is 1.00 e. The van der Waals surface area contributed by atoms with Crippen LogP contribution < -0.4 is 55.7 Å². The third kappa shape index (κ3) is 173. The van der Waals surface area contributed by atoms with Gasteiger partial charge in [-0.25, -0.2) is 0 Å². The molecule has 0 heterocycles. The van der Waals surface area contributed by atoms with E-state index in [1.807, 2.05) is 0 Å². The molecule has 0 saturated heterocycles. The van der Waals surface area contributed by atoms with E-state index in [0.717, 1.165) is 0 Å². The Morgan fingerprint density at radius 3 is 0.400 bits per heavy atom. The molecule has 0 aliphatic carbocycles. The topological polar surface area (TPSA) is 105 Å². The molecule has 0 unspecified atom stereocenters. The molecule has 0 spiro atoms. The summed E-state index contributed by atoms with van der Waals surface area (Å²) in [5.41, 5.74) is 0. The minimum atomic E-state index is 0. The molecule has 0 saturated carbocycles. The van der Waals surface area contributed by atoms with Gasteiger partial charge in [0.1, 0.15) is 0 Å². The van der Waals surface area contributed by atoms with E-state index in [1.54, 1.807) is 0 Å². The Morgan fingerprint density at radius 2 is 0.400 bits per heavy atom. The second kappa shape index (κ2) is 233. The van der Waals surface area contributed by atoms with Crippen molar-refractivity contribution in [3.63, 3.8) is 0 Å². The SMILES string of the molecule is Cl.Cl.Cl.N.N.N.[Cl-].[Cl-].[Cl-].[Os]. The van der Waals surface area contributed by atoms with Gasteiger partial charge >= 0.3 is 0 Å². The number of halogens is 6. The smallest absolute Gasteiger partial charge is 0 e. The van der Waals surface area contributed by atoms with Crippen LogP contribution in [-0.4, -0.2) is 0 Å². The van der Waals surface area contributed by atoms with Crippen LogP contribution in [0.2, 0.25) is 0 Å². The van der Waals surface area contributed by atoms with Crippen LogP contribution in [-0.2, 0) is 19.8 Å². The average molecular weight is 457 g/mol. The van der Waals surface area contributed by atoms with E-state index in [0.29, 0.717) is 0 Å². The van der Waals surface area contributed by atoms with Crippen molar-refractivity contribution < 1.29 is 57.0 Å². The minimum absolute atomic E-state index is 0. The van der Waals surface area contributed by atoms with Gasteiger partial charge in [-0.05, 0) is 0 Å². The summed E-state index contributed by atoms with van der Waals surface area (Å²) < 4.78 is 0. The molecular formula is H12Cl6N3Os-3. The molecule has 0 radical (unpaired) electrons. The summed E-state index contributed by atoms with van der Waals surface area (Å²) in [7, 11) is 0. The maximum Gasteiger partial charge on any atom is 0 e. The molecule has 3 nitrogen and oxygen atoms in total. The van der Waals surface area contributed by atoms with Crippen LogP contribution in [0.1, 0.15) is 0 Å². The number of rotatable bonds is 0. The summed E-state index contributed by atoms with van der Waals surface area (Å²) in [4.78, 5) is 0. The van der Waals surface area contributed by atoms with Crippen molar-refractivity contribution in [2.75, 3.05) is 0 Å². The van der Waals surface area contributed by atoms with E-state index in [1.165, 1.54) is 0 Å². The van der Waals surface area contributed by atoms with Gasteiger partial charge in [0.15, 0.2) is 0 Å². The second-order valence-electron chi connectivity index (χ2n) is 0. The molecule has 0 rings (SSSR count). The van der Waals surface area contributed by atoms with Gasteiger partial charge in [0.25, 0.3) is 0 Å². The minimum Gasteiger partial charge on any atom is -1.00 e. The van der Waals surface area contributed by atoms with E-state index >= 15 is 0 Å². The fraction of sp³-hybridized carbons (Fsp3) is 0. The van der Waals surface area contributed by atoms with Gasteiger partial charge in [-0.15, -0.1) is 37.2 Å². The molecule has 10 heteroatoms. The molecule has 10 heavy (non-hydrogen) atoms. The van der Waals surface area contributed by atoms with Crippen molar-refractivity contribution in [2.45, 2.75) is 0 Å². The van der Waals surface area contributed by atoms with Gasteiger partial charge in [-0.1, -0.05) is 0 Å². The van der Waals surface area contributed by atoms with Gasteiger partial charge in [0.2, 0.25) is 0 Å². The van der Waals surface area contributed by atoms with E-state index in [9.17, 15) is 0 Å². The van der Waals surface area contributed by atoms with Crippen molar-refractivity contribution in [2.24, 2.45) is 0 Å². The molecule has 80 valence electrons. The van der Waals surface area contributed by atoms with Crippen LogP contribution in [0.5, 0.6) is 0 Å². The molecular weight excluding hydrogens is 445 g/mol. The van der Waals surface area contributed by atoms with Crippen LogP contribution in [0.25, 0.3) is 0 Å². The Balaban J connectivity index is 0. The molecule has 0 aliphatic rings. The summed E-state index contributed by atoms with van der Waals surface area (Å²) in [6.45, 7) is 0. The third-order valence-electron chi connectivity index (χ3n) is 0. The fourth-order valence-corrected chi connectivity index (χ4v) is 0. The van der Waals surface area contributed by atoms with Crippen molar-refractivity contribution in [3.05, 3.63) is 0 Å². The Kier molecular flexibility index (Phi) is 7090. The van der Waals surface area contributed by atoms with Crippen molar-refractivity contribution in [3.8, 4) is 0 Å². The zero-order valence-electron chi connectivity index (χ0n) is 4.83. The molecule has 0 amide bonds. The maximum absolute atomic E-state index is 0. The summed E-state index contributed by atoms with van der Waals surface area (Å²) in [6, 6.07) is 0. The first-order valence-electron chi connectivity index (χ1n) is 0. The first-order valence-corrected chi connectivity index (χ1v) is 0. The van der Waals surface area contributed by atoms with Crippen LogP contribution in [0.4, 0.5) is 0 Å². The molecule has 0 aromatic rings. The van der Waals surface area contributed by atoms with Crippen LogP contribution >= 0.6 is 37.2 Å². The van der Waals surface area contributed by atoms with Crippen molar-refractivity contribution in [1.82, 2.24) is 18.5 Å². The Bertz CT molecular complexity index is 13.0. The first-order chi connectivity index (χ1) is 0. The van der Waals surface area contributed by atoms with Crippen LogP contribution in [0, 0.1) is 0 Å². The van der Waals surface area contributed by atoms with E-state index < -0.39 is 0 Å². The van der Waals surface area contributed by atoms with Crippen molar-refractivity contribution in [1.29, 1.82) is 0 Å². The Morgan fingerprint density at radius 1 is 0.400 bits per heavy atom. The molecule has 0 bridgehead atoms. The average Bonchev–Trinajstić information content (AvgIpc) is 0. The van der Waals surface area contributed by atoms with E-state index in [2.05, 4.69) is 0 Å². The van der Waals surface area contributed by atoms with Crippen LogP contribution in [0.3, 0.4) is 0 Å². The quantitative estimate of drug-likeness (QED) is 0.337. The monoisotopic (exact) mass is 456 g/mol. The fourth-order valence-electron chi connectivity index (χ4n) is 0. The second-order valence-corrected chi connectivity index (χ2v) is 0. The van der Waals surface area contributed by atoms with Gasteiger partial charge in [0.05, 0.1) is 0 Å². The zero-order valence-corrected chi connectivity index (χ0v) is 12.1. The summed E-state index contributed by atoms with van der Waals surface area (Å²) in [6.07, 6.45) is 0. The molecule has 0 aromatic heterocycles. The Hall–Kier alpha value is 2.26. The van der Waals surface area contributed by atoms with Gasteiger partial charge in [0, 0.05) is 19.8 Å². The van der Waals surface area contributed by atoms with Crippen molar-refractivity contribution >= 4 is 37.2 Å². The summed E-state index contributed by atoms with van der Waals surface area (Å²) in [5, 5.41) is 0. The predicted molar refractivity (Wildman–Crippen MR) is 36.8 cm³/mol. The molecule has 0 atom stereocenters. The van der Waals surface area contributed by atoms with Gasteiger partial charge < -0.3 is 55.7 Å². The number of hydrogen-bond acceptors (Lipinski definition) is 3. The standard InChI is InChI=1S/6ClH.3H3N.Os/h6*1H;3*1H3;/p-3. The molecule has 0 fully saturated rings. The van der Waals surface area contributed by atoms with E-state index in [-0.39, 0.29) is 113 Å². The van der Waals surface area contributed by atoms with E-state index in [4.69, 9.17) is 0 Å². The zero-order chi connectivity index (χ0) is 0. The number of hydrogen-bond donors (Lipinski definition) is 3. The van der Waals surface area contributed by atoms with Gasteiger partial charge in [-0.3, -0.25) is 0 Å². The van der Waals surface area contributed by atoms with Crippen LogP contribution in [0.15, 0.2) is 0 Å². The first kappa shape index (κ1) is 305. The summed E-state index contributed by atoms with van der Waals surface area (Å²) in [5.74, 6) is 0. The molecule has 0 aliphatic heterocycles. The third-order valence-corrected chi connectivity index (χ3v) is 0. The van der Waals surface area contributed by atoms with Gasteiger partial charge in [-0.2, -0.15) is 0 Å². The summed E-state index contributed by atoms with van der Waals surface area (Å²) >= 11 is 0. The predicted octanol–water partition coefficient (Wildman–Crippen LogP) is -7.24. The maximum atomic E-state index is 0. The molecule has 0 aromatic carbocycles. The normalized spacial score (nSPS) is 0.